The summed E-state index contributed by atoms with van der Waals surface area (Å²) in [6, 6.07) is 7.34. The van der Waals surface area contributed by atoms with Crippen molar-refractivity contribution in [1.29, 1.82) is 0 Å². The van der Waals surface area contributed by atoms with Crippen molar-refractivity contribution in [3.63, 3.8) is 0 Å². The summed E-state index contributed by atoms with van der Waals surface area (Å²) in [5.74, 6) is -4.00. The Hall–Kier alpha value is -3.51. The largest absolute Gasteiger partial charge is 0.480 e. The summed E-state index contributed by atoms with van der Waals surface area (Å²) in [6.07, 6.45) is 2.55. The van der Waals surface area contributed by atoms with E-state index in [1.807, 2.05) is 30.3 Å². The average Bonchev–Trinajstić information content (AvgIpc) is 3.66. The van der Waals surface area contributed by atoms with E-state index in [0.717, 1.165) is 16.9 Å². The first kappa shape index (κ1) is 37.0. The number of esters is 1. The Balaban J connectivity index is 1.87. The molecule has 1 aromatic carbocycles. The zero-order chi connectivity index (χ0) is 34.1. The van der Waals surface area contributed by atoms with Crippen molar-refractivity contribution < 1.29 is 43.3 Å². The van der Waals surface area contributed by atoms with Crippen LogP contribution in [0.15, 0.2) is 30.3 Å². The van der Waals surface area contributed by atoms with Crippen LogP contribution in [0.3, 0.4) is 0 Å². The lowest BCUT2D eigenvalue weighted by molar-refractivity contribution is -0.163. The molecule has 1 aliphatic heterocycles. The fourth-order valence-corrected chi connectivity index (χ4v) is 5.89. The van der Waals surface area contributed by atoms with E-state index in [1.54, 1.807) is 41.5 Å². The Morgan fingerprint density at radius 2 is 1.61 bits per heavy atom. The van der Waals surface area contributed by atoms with Gasteiger partial charge >= 0.3 is 18.0 Å². The fraction of sp³-hybridized carbons (Fsp3) is 0.676. The molecule has 3 amide bonds. The zero-order valence-corrected chi connectivity index (χ0v) is 28.1. The summed E-state index contributed by atoms with van der Waals surface area (Å²) in [5.41, 5.74) is -2.04. The Morgan fingerprint density at radius 3 is 2.15 bits per heavy atom. The number of carboxylic acids is 1. The normalized spacial score (nSPS) is 19.1. The van der Waals surface area contributed by atoms with Crippen molar-refractivity contribution in [3.05, 3.63) is 35.9 Å². The molecule has 0 aromatic heterocycles. The van der Waals surface area contributed by atoms with Gasteiger partial charge in [-0.2, -0.15) is 0 Å². The van der Waals surface area contributed by atoms with Crippen molar-refractivity contribution in [2.75, 3.05) is 19.7 Å². The third-order valence-electron chi connectivity index (χ3n) is 8.06. The molecule has 256 valence electrons. The van der Waals surface area contributed by atoms with Crippen LogP contribution in [0, 0.1) is 11.3 Å². The van der Waals surface area contributed by atoms with Gasteiger partial charge in [0.1, 0.15) is 11.2 Å². The summed E-state index contributed by atoms with van der Waals surface area (Å²) in [7, 11) is 0. The highest BCUT2D eigenvalue weighted by Crippen LogP contribution is 2.44. The zero-order valence-electron chi connectivity index (χ0n) is 28.1. The number of rotatable bonds is 13. The number of benzene rings is 1. The number of imide groups is 1. The molecule has 2 aliphatic rings. The molecule has 0 bridgehead atoms. The molecule has 3 atom stereocenters. The van der Waals surface area contributed by atoms with E-state index in [0.29, 0.717) is 38.6 Å². The minimum absolute atomic E-state index is 0.0460. The molecule has 1 saturated heterocycles. The monoisotopic (exact) mass is 645 g/mol. The van der Waals surface area contributed by atoms with Crippen molar-refractivity contribution in [2.24, 2.45) is 11.3 Å². The highest BCUT2D eigenvalue weighted by Gasteiger charge is 2.47. The number of nitrogens with zero attached hydrogens (tertiary/aromatic N) is 1. The van der Waals surface area contributed by atoms with Gasteiger partial charge in [0.2, 0.25) is 11.8 Å². The number of nitrogens with one attached hydrogen (secondary N) is 2. The molecule has 12 nitrogen and oxygen atoms in total. The molecule has 3 rings (SSSR count). The number of carbonyl (C=O) groups is 5. The van der Waals surface area contributed by atoms with Crippen molar-refractivity contribution in [1.82, 2.24) is 15.5 Å². The third kappa shape index (κ3) is 11.1. The van der Waals surface area contributed by atoms with Crippen LogP contribution in [0.2, 0.25) is 0 Å². The van der Waals surface area contributed by atoms with E-state index in [1.165, 1.54) is 0 Å². The lowest BCUT2D eigenvalue weighted by Gasteiger charge is -2.35. The average molecular weight is 646 g/mol. The smallest absolute Gasteiger partial charge is 0.417 e. The molecule has 1 aromatic rings. The number of aliphatic carboxylic acids is 1. The molecule has 1 saturated carbocycles. The Labute approximate surface area is 271 Å². The summed E-state index contributed by atoms with van der Waals surface area (Å²) in [4.78, 5) is 67.8. The van der Waals surface area contributed by atoms with Crippen LogP contribution in [-0.2, 0) is 40.0 Å². The van der Waals surface area contributed by atoms with Gasteiger partial charge in [-0.3, -0.25) is 14.4 Å². The molecule has 3 N–H and O–H groups in total. The standard InChI is InChI=1S/C34H51N3O9/c1-32(2,3)45-29(41)24(20-37(31(43)46-33(4,5)6)27(38)25-15-12-18-35-25)19-34(16-10-11-17-34)30(42)36-26(28(39)40)22-44-21-23-13-8-7-9-14-23/h7-9,13-14,24-26,35H,10-12,15-22H2,1-6H3,(H,36,42)(H,39,40)/t24-,25-,26-/m0/s1. The summed E-state index contributed by atoms with van der Waals surface area (Å²) in [6.45, 7) is 10.4. The van der Waals surface area contributed by atoms with Crippen LogP contribution in [-0.4, -0.2) is 82.8 Å². The second kappa shape index (κ2) is 15.9. The Morgan fingerprint density at radius 1 is 0.978 bits per heavy atom. The maximum atomic E-state index is 13.9. The fourth-order valence-electron chi connectivity index (χ4n) is 5.89. The van der Waals surface area contributed by atoms with E-state index in [-0.39, 0.29) is 26.2 Å². The highest BCUT2D eigenvalue weighted by molar-refractivity contribution is 5.96. The first-order valence-corrected chi connectivity index (χ1v) is 16.2. The van der Waals surface area contributed by atoms with Crippen LogP contribution < -0.4 is 10.6 Å². The van der Waals surface area contributed by atoms with Crippen LogP contribution in [0.5, 0.6) is 0 Å². The Kier molecular flexibility index (Phi) is 12.7. The molecule has 0 radical (unpaired) electrons. The number of hydrogen-bond acceptors (Lipinski definition) is 9. The molecule has 0 spiro atoms. The summed E-state index contributed by atoms with van der Waals surface area (Å²) in [5, 5.41) is 15.7. The number of hydrogen-bond donors (Lipinski definition) is 3. The van der Waals surface area contributed by atoms with E-state index in [9.17, 15) is 29.1 Å². The van der Waals surface area contributed by atoms with Gasteiger partial charge < -0.3 is 30.0 Å². The Bertz CT molecular complexity index is 1210. The molecular weight excluding hydrogens is 594 g/mol. The topological polar surface area (TPSA) is 161 Å². The number of carboxylic acid groups (broad SMARTS) is 1. The van der Waals surface area contributed by atoms with E-state index in [4.69, 9.17) is 14.2 Å². The first-order valence-electron chi connectivity index (χ1n) is 16.2. The molecule has 12 heteroatoms. The van der Waals surface area contributed by atoms with Crippen LogP contribution in [0.4, 0.5) is 4.79 Å². The maximum Gasteiger partial charge on any atom is 0.417 e. The quantitative estimate of drug-likeness (QED) is 0.265. The molecular formula is C34H51N3O9. The first-order chi connectivity index (χ1) is 21.5. The van der Waals surface area contributed by atoms with E-state index >= 15 is 0 Å². The van der Waals surface area contributed by atoms with Crippen LogP contribution in [0.25, 0.3) is 0 Å². The minimum Gasteiger partial charge on any atom is -0.480 e. The molecule has 46 heavy (non-hydrogen) atoms. The van der Waals surface area contributed by atoms with Crippen molar-refractivity contribution in [2.45, 2.75) is 116 Å². The third-order valence-corrected chi connectivity index (χ3v) is 8.06. The van der Waals surface area contributed by atoms with Gasteiger partial charge in [0, 0.05) is 6.54 Å². The molecule has 0 unspecified atom stereocenters. The van der Waals surface area contributed by atoms with Gasteiger partial charge in [0.25, 0.3) is 0 Å². The molecule has 1 heterocycles. The van der Waals surface area contributed by atoms with Crippen LogP contribution in [0.1, 0.15) is 92.1 Å². The second-order valence-electron chi connectivity index (χ2n) is 14.4. The van der Waals surface area contributed by atoms with Crippen molar-refractivity contribution in [3.8, 4) is 0 Å². The van der Waals surface area contributed by atoms with E-state index in [2.05, 4.69) is 10.6 Å². The van der Waals surface area contributed by atoms with Crippen molar-refractivity contribution >= 4 is 29.8 Å². The van der Waals surface area contributed by atoms with Gasteiger partial charge in [-0.05, 0) is 85.8 Å². The van der Waals surface area contributed by atoms with Gasteiger partial charge in [0.15, 0.2) is 6.04 Å². The van der Waals surface area contributed by atoms with Gasteiger partial charge in [-0.25, -0.2) is 14.5 Å². The van der Waals surface area contributed by atoms with Gasteiger partial charge in [-0.15, -0.1) is 0 Å². The van der Waals surface area contributed by atoms with E-state index < -0.39 is 64.5 Å². The SMILES string of the molecule is CC(C)(C)OC(=O)[C@H](CN(C(=O)OC(C)(C)C)C(=O)[C@@H]1CCCN1)CC1(C(=O)N[C@@H](COCc2ccccc2)C(=O)O)CCCC1. The molecule has 2 fully saturated rings. The summed E-state index contributed by atoms with van der Waals surface area (Å²) < 4.78 is 17.0. The summed E-state index contributed by atoms with van der Waals surface area (Å²) >= 11 is 0. The minimum atomic E-state index is -1.32. The highest BCUT2D eigenvalue weighted by atomic mass is 16.6. The lowest BCUT2D eigenvalue weighted by Crippen LogP contribution is -2.53. The second-order valence-corrected chi connectivity index (χ2v) is 14.4. The maximum absolute atomic E-state index is 13.9. The predicted octanol–water partition coefficient (Wildman–Crippen LogP) is 4.20. The predicted molar refractivity (Wildman–Crippen MR) is 169 cm³/mol. The van der Waals surface area contributed by atoms with Crippen LogP contribution >= 0.6 is 0 Å². The van der Waals surface area contributed by atoms with Gasteiger partial charge in [-0.1, -0.05) is 43.2 Å². The lowest BCUT2D eigenvalue weighted by atomic mass is 9.76. The van der Waals surface area contributed by atoms with Gasteiger partial charge in [0.05, 0.1) is 30.6 Å². The number of carbonyl (C=O) groups excluding carboxylic acids is 4. The number of ether oxygens (including phenoxy) is 3. The molecule has 1 aliphatic carbocycles. The number of amides is 3.